The van der Waals surface area contributed by atoms with Crippen LogP contribution in [0, 0.1) is 11.8 Å². The van der Waals surface area contributed by atoms with Crippen LogP contribution < -0.4 is 9.64 Å². The van der Waals surface area contributed by atoms with Crippen molar-refractivity contribution in [1.82, 2.24) is 4.90 Å². The summed E-state index contributed by atoms with van der Waals surface area (Å²) in [5.41, 5.74) is 3.67. The second-order valence-electron chi connectivity index (χ2n) is 8.52. The average molecular weight is 336 g/mol. The molecule has 1 saturated carbocycles. The number of benzene rings is 1. The third-order valence-electron chi connectivity index (χ3n) is 8.03. The van der Waals surface area contributed by atoms with Gasteiger partial charge in [0.05, 0.1) is 18.6 Å². The van der Waals surface area contributed by atoms with Crippen molar-refractivity contribution in [3.8, 4) is 5.75 Å². The number of hydrogen-bond donors (Lipinski definition) is 0. The minimum atomic E-state index is -0.287. The number of methoxy groups -OCH3 is 1. The first kappa shape index (κ1) is 14.4. The third kappa shape index (κ3) is 1.34. The molecule has 0 amide bonds. The van der Waals surface area contributed by atoms with Gasteiger partial charge in [-0.2, -0.15) is 0 Å². The second-order valence-corrected chi connectivity index (χ2v) is 8.52. The van der Waals surface area contributed by atoms with E-state index in [4.69, 9.17) is 4.74 Å². The standard InChI is InChI=1S/C21H24N2O2/c1-4-11-10-23-16-8-13(11)18-17(23)9-21(20(18)24)14-6-5-12(25-3)7-15(14)22(2)19(16)21/h4-7,13,16-19H,8-10H2,1-3H3/b11-4-/t13-,16-,17-,18-,19-,21+/m0/s1. The van der Waals surface area contributed by atoms with Gasteiger partial charge in [0.15, 0.2) is 5.78 Å². The van der Waals surface area contributed by atoms with E-state index in [0.29, 0.717) is 23.8 Å². The number of anilines is 1. The number of ketones is 1. The van der Waals surface area contributed by atoms with Crippen LogP contribution in [-0.4, -0.2) is 49.5 Å². The van der Waals surface area contributed by atoms with Gasteiger partial charge in [-0.3, -0.25) is 9.69 Å². The third-order valence-corrected chi connectivity index (χ3v) is 8.03. The lowest BCUT2D eigenvalue weighted by atomic mass is 9.65. The largest absolute Gasteiger partial charge is 0.497 e. The molecule has 5 fully saturated rings. The number of Topliss-reactive ketones (excluding diaryl/α,β-unsaturated/α-hetero) is 1. The van der Waals surface area contributed by atoms with Crippen molar-refractivity contribution in [2.24, 2.45) is 11.8 Å². The summed E-state index contributed by atoms with van der Waals surface area (Å²) in [5, 5.41) is 0. The maximum atomic E-state index is 13.9. The van der Waals surface area contributed by atoms with Crippen molar-refractivity contribution in [1.29, 1.82) is 0 Å². The molecule has 0 aromatic heterocycles. The molecule has 6 aliphatic rings. The van der Waals surface area contributed by atoms with Crippen molar-refractivity contribution in [3.05, 3.63) is 35.4 Å². The predicted molar refractivity (Wildman–Crippen MR) is 96.1 cm³/mol. The molecular weight excluding hydrogens is 312 g/mol. The molecule has 4 saturated heterocycles. The molecule has 5 bridgehead atoms. The molecule has 0 radical (unpaired) electrons. The van der Waals surface area contributed by atoms with Crippen LogP contribution in [0.5, 0.6) is 5.75 Å². The Morgan fingerprint density at radius 2 is 2.16 bits per heavy atom. The molecule has 7 rings (SSSR count). The number of piperidine rings is 4. The van der Waals surface area contributed by atoms with Gasteiger partial charge in [0.25, 0.3) is 0 Å². The van der Waals surface area contributed by atoms with Crippen LogP contribution in [0.4, 0.5) is 5.69 Å². The lowest BCUT2D eigenvalue weighted by Gasteiger charge is -2.58. The molecular formula is C21H24N2O2. The number of carbonyl (C=O) groups is 1. The first-order chi connectivity index (χ1) is 12.1. The molecule has 25 heavy (non-hydrogen) atoms. The van der Waals surface area contributed by atoms with Gasteiger partial charge in [0.1, 0.15) is 5.75 Å². The molecule has 7 atom stereocenters. The van der Waals surface area contributed by atoms with E-state index in [2.05, 4.69) is 42.0 Å². The Labute approximate surface area is 148 Å². The number of rotatable bonds is 1. The molecule has 1 aliphatic carbocycles. The summed E-state index contributed by atoms with van der Waals surface area (Å²) in [4.78, 5) is 18.9. The normalized spacial score (nSPS) is 46.8. The summed E-state index contributed by atoms with van der Waals surface area (Å²) in [6, 6.07) is 7.57. The van der Waals surface area contributed by atoms with Crippen LogP contribution in [0.3, 0.4) is 0 Å². The summed E-state index contributed by atoms with van der Waals surface area (Å²) in [7, 11) is 3.90. The lowest BCUT2D eigenvalue weighted by molar-refractivity contribution is -0.126. The number of hydrogen-bond acceptors (Lipinski definition) is 4. The predicted octanol–water partition coefficient (Wildman–Crippen LogP) is 2.37. The van der Waals surface area contributed by atoms with Crippen molar-refractivity contribution in [2.45, 2.75) is 43.3 Å². The van der Waals surface area contributed by atoms with Crippen LogP contribution in [0.1, 0.15) is 25.3 Å². The highest BCUT2D eigenvalue weighted by atomic mass is 16.5. The Morgan fingerprint density at radius 1 is 1.32 bits per heavy atom. The van der Waals surface area contributed by atoms with Gasteiger partial charge in [-0.1, -0.05) is 17.7 Å². The van der Waals surface area contributed by atoms with Crippen LogP contribution in [0.25, 0.3) is 0 Å². The first-order valence-electron chi connectivity index (χ1n) is 9.48. The topological polar surface area (TPSA) is 32.8 Å². The molecule has 0 N–H and O–H groups in total. The smallest absolute Gasteiger partial charge is 0.150 e. The van der Waals surface area contributed by atoms with Crippen molar-refractivity contribution in [2.75, 3.05) is 25.6 Å². The first-order valence-corrected chi connectivity index (χ1v) is 9.48. The van der Waals surface area contributed by atoms with Gasteiger partial charge in [-0.25, -0.2) is 0 Å². The highest BCUT2D eigenvalue weighted by Crippen LogP contribution is 2.66. The van der Waals surface area contributed by atoms with Crippen LogP contribution in [-0.2, 0) is 10.2 Å². The van der Waals surface area contributed by atoms with Gasteiger partial charge < -0.3 is 9.64 Å². The van der Waals surface area contributed by atoms with E-state index >= 15 is 0 Å². The summed E-state index contributed by atoms with van der Waals surface area (Å²) in [5.74, 6) is 2.10. The molecule has 1 aromatic carbocycles. The van der Waals surface area contributed by atoms with E-state index in [0.717, 1.165) is 25.1 Å². The maximum Gasteiger partial charge on any atom is 0.150 e. The number of allylic oxidation sites excluding steroid dienone is 1. The highest BCUT2D eigenvalue weighted by molar-refractivity contribution is 6.01. The van der Waals surface area contributed by atoms with Gasteiger partial charge >= 0.3 is 0 Å². The van der Waals surface area contributed by atoms with Gasteiger partial charge in [-0.15, -0.1) is 0 Å². The molecule has 130 valence electrons. The van der Waals surface area contributed by atoms with Crippen molar-refractivity contribution >= 4 is 11.5 Å². The number of fused-ring (bicyclic) bond motifs is 2. The van der Waals surface area contributed by atoms with Gasteiger partial charge in [-0.05, 0) is 37.3 Å². The Balaban J connectivity index is 1.59. The Hall–Kier alpha value is -1.81. The Kier molecular flexibility index (Phi) is 2.47. The zero-order valence-corrected chi connectivity index (χ0v) is 15.0. The van der Waals surface area contributed by atoms with E-state index in [1.54, 1.807) is 7.11 Å². The van der Waals surface area contributed by atoms with E-state index in [9.17, 15) is 4.79 Å². The highest BCUT2D eigenvalue weighted by Gasteiger charge is 2.74. The molecule has 1 aromatic rings. The summed E-state index contributed by atoms with van der Waals surface area (Å²) in [6.45, 7) is 3.21. The lowest BCUT2D eigenvalue weighted by Crippen LogP contribution is -2.68. The van der Waals surface area contributed by atoms with Gasteiger partial charge in [0.2, 0.25) is 0 Å². The van der Waals surface area contributed by atoms with Crippen LogP contribution in [0.15, 0.2) is 29.8 Å². The fraction of sp³-hybridized carbons (Fsp3) is 0.571. The minimum Gasteiger partial charge on any atom is -0.497 e. The zero-order chi connectivity index (χ0) is 17.1. The van der Waals surface area contributed by atoms with E-state index in [1.165, 1.54) is 16.8 Å². The monoisotopic (exact) mass is 336 g/mol. The molecule has 1 unspecified atom stereocenters. The second kappa shape index (κ2) is 4.29. The fourth-order valence-electron chi connectivity index (χ4n) is 7.20. The van der Waals surface area contributed by atoms with E-state index < -0.39 is 0 Å². The summed E-state index contributed by atoms with van der Waals surface area (Å²) in [6.07, 6.45) is 4.43. The quantitative estimate of drug-likeness (QED) is 0.737. The van der Waals surface area contributed by atoms with Crippen LogP contribution in [0.2, 0.25) is 0 Å². The zero-order valence-electron chi connectivity index (χ0n) is 15.0. The van der Waals surface area contributed by atoms with Crippen molar-refractivity contribution < 1.29 is 9.53 Å². The molecule has 5 aliphatic heterocycles. The molecule has 5 heterocycles. The van der Waals surface area contributed by atoms with Crippen LogP contribution >= 0.6 is 0 Å². The average Bonchev–Trinajstić information content (AvgIpc) is 3.03. The molecule has 1 spiro atoms. The number of carbonyl (C=O) groups excluding carboxylic acids is 1. The molecule has 4 heteroatoms. The summed E-state index contributed by atoms with van der Waals surface area (Å²) >= 11 is 0. The summed E-state index contributed by atoms with van der Waals surface area (Å²) < 4.78 is 5.46. The minimum absolute atomic E-state index is 0.211. The maximum absolute atomic E-state index is 13.9. The Morgan fingerprint density at radius 3 is 2.92 bits per heavy atom. The van der Waals surface area contributed by atoms with E-state index in [1.807, 2.05) is 6.07 Å². The number of nitrogens with zero attached hydrogens (tertiary/aromatic N) is 2. The molecule has 4 nitrogen and oxygen atoms in total. The van der Waals surface area contributed by atoms with Crippen molar-refractivity contribution in [3.63, 3.8) is 0 Å². The number of likely N-dealkylation sites (N-methyl/N-ethyl adjacent to an activating group) is 1. The van der Waals surface area contributed by atoms with E-state index in [-0.39, 0.29) is 17.4 Å². The number of ether oxygens (including phenoxy) is 1. The SMILES string of the molecule is C/C=C1/CN2[C@H]3C[C@]45C(=O)[C@H]3[C@H]1C[C@H]2[C@@H]4N(C)c1cc(OC)ccc15. The fourth-order valence-corrected chi connectivity index (χ4v) is 7.20. The Bertz CT molecular complexity index is 846. The van der Waals surface area contributed by atoms with Gasteiger partial charge in [0, 0.05) is 43.3 Å².